The number of amides is 1. The van der Waals surface area contributed by atoms with E-state index in [1.54, 1.807) is 0 Å². The molecule has 1 amide bonds. The topological polar surface area (TPSA) is 50.8 Å². The van der Waals surface area contributed by atoms with Gasteiger partial charge in [-0.25, -0.2) is 0 Å². The molecule has 2 spiro atoms. The summed E-state index contributed by atoms with van der Waals surface area (Å²) in [6.45, 7) is 2.80. The average Bonchev–Trinajstić information content (AvgIpc) is 3.35. The van der Waals surface area contributed by atoms with Gasteiger partial charge >= 0.3 is 0 Å². The first kappa shape index (κ1) is 18.4. The minimum atomic E-state index is -0.177. The zero-order valence-corrected chi connectivity index (χ0v) is 16.7. The van der Waals surface area contributed by atoms with E-state index in [0.29, 0.717) is 5.41 Å². The van der Waals surface area contributed by atoms with Gasteiger partial charge in [-0.15, -0.1) is 0 Å². The number of likely N-dealkylation sites (tertiary alicyclic amines) is 1. The van der Waals surface area contributed by atoms with Crippen LogP contribution < -0.4 is 5.48 Å². The van der Waals surface area contributed by atoms with Gasteiger partial charge in [0, 0.05) is 36.9 Å². The largest absolute Gasteiger partial charge is 0.375 e. The summed E-state index contributed by atoms with van der Waals surface area (Å²) in [4.78, 5) is 21.0. The molecule has 5 nitrogen and oxygen atoms in total. The Kier molecular flexibility index (Phi) is 4.98. The zero-order valence-electron chi connectivity index (χ0n) is 16.7. The first-order chi connectivity index (χ1) is 13.2. The van der Waals surface area contributed by atoms with Crippen molar-refractivity contribution in [2.24, 2.45) is 10.8 Å². The van der Waals surface area contributed by atoms with Crippen molar-refractivity contribution in [3.8, 4) is 0 Å². The Morgan fingerprint density at radius 1 is 0.889 bits per heavy atom. The quantitative estimate of drug-likeness (QED) is 0.800. The molecule has 3 unspecified atom stereocenters. The highest BCUT2D eigenvalue weighted by Gasteiger charge is 2.53. The van der Waals surface area contributed by atoms with Gasteiger partial charge in [0.05, 0.1) is 6.10 Å². The van der Waals surface area contributed by atoms with E-state index in [2.05, 4.69) is 10.4 Å². The predicted molar refractivity (Wildman–Crippen MR) is 103 cm³/mol. The van der Waals surface area contributed by atoms with E-state index in [9.17, 15) is 4.79 Å². The molecule has 3 aliphatic heterocycles. The number of nitrogens with one attached hydrogen (secondary N) is 1. The van der Waals surface area contributed by atoms with E-state index >= 15 is 0 Å². The van der Waals surface area contributed by atoms with Crippen molar-refractivity contribution in [2.75, 3.05) is 19.7 Å². The van der Waals surface area contributed by atoms with Crippen LogP contribution in [-0.2, 0) is 14.4 Å². The van der Waals surface area contributed by atoms with Gasteiger partial charge in [0.1, 0.15) is 12.1 Å². The summed E-state index contributed by atoms with van der Waals surface area (Å²) in [7, 11) is 0. The van der Waals surface area contributed by atoms with Crippen LogP contribution in [0.2, 0.25) is 0 Å². The summed E-state index contributed by atoms with van der Waals surface area (Å²) in [5.41, 5.74) is 3.84. The number of carbonyl (C=O) groups excluding carboxylic acids is 1. The molecule has 3 saturated heterocycles. The van der Waals surface area contributed by atoms with E-state index < -0.39 is 0 Å². The van der Waals surface area contributed by atoms with Crippen molar-refractivity contribution in [3.05, 3.63) is 0 Å². The first-order valence-electron chi connectivity index (χ1n) is 11.5. The molecule has 1 N–H and O–H groups in total. The van der Waals surface area contributed by atoms with Crippen molar-refractivity contribution in [1.82, 2.24) is 10.4 Å². The van der Waals surface area contributed by atoms with Crippen LogP contribution in [0, 0.1) is 10.8 Å². The molecule has 3 heterocycles. The highest BCUT2D eigenvalue weighted by molar-refractivity contribution is 5.83. The molecule has 0 bridgehead atoms. The van der Waals surface area contributed by atoms with Crippen LogP contribution in [0.3, 0.4) is 0 Å². The SMILES string of the molecule is O=C(C1CC(C2OCCC23CCCCCCC3)ON1)N1CC2(CCCC2)C1. The molecule has 2 aliphatic carbocycles. The number of ether oxygens (including phenoxy) is 1. The predicted octanol–water partition coefficient (Wildman–Crippen LogP) is 3.57. The van der Waals surface area contributed by atoms with E-state index in [1.165, 1.54) is 77.0 Å². The van der Waals surface area contributed by atoms with Crippen molar-refractivity contribution in [2.45, 2.75) is 102 Å². The van der Waals surface area contributed by atoms with E-state index in [0.717, 1.165) is 26.1 Å². The van der Waals surface area contributed by atoms with Crippen LogP contribution in [0.4, 0.5) is 0 Å². The van der Waals surface area contributed by atoms with Crippen LogP contribution in [0.1, 0.15) is 83.5 Å². The molecule has 0 radical (unpaired) electrons. The normalized spacial score (nSPS) is 38.1. The van der Waals surface area contributed by atoms with Crippen LogP contribution >= 0.6 is 0 Å². The molecule has 27 heavy (non-hydrogen) atoms. The van der Waals surface area contributed by atoms with Crippen LogP contribution in [0.15, 0.2) is 0 Å². The lowest BCUT2D eigenvalue weighted by Gasteiger charge is -2.49. The Morgan fingerprint density at radius 2 is 1.56 bits per heavy atom. The highest BCUT2D eigenvalue weighted by atomic mass is 16.7. The van der Waals surface area contributed by atoms with Gasteiger partial charge in [0.2, 0.25) is 5.91 Å². The summed E-state index contributed by atoms with van der Waals surface area (Å²) in [5, 5.41) is 0. The van der Waals surface area contributed by atoms with Crippen LogP contribution in [-0.4, -0.2) is 48.8 Å². The zero-order chi connectivity index (χ0) is 18.3. The first-order valence-corrected chi connectivity index (χ1v) is 11.5. The third-order valence-corrected chi connectivity index (χ3v) is 8.34. The van der Waals surface area contributed by atoms with Crippen molar-refractivity contribution in [1.29, 1.82) is 0 Å². The lowest BCUT2D eigenvalue weighted by Crippen LogP contribution is -2.60. The van der Waals surface area contributed by atoms with Crippen molar-refractivity contribution < 1.29 is 14.4 Å². The molecule has 152 valence electrons. The fourth-order valence-electron chi connectivity index (χ4n) is 6.77. The fraction of sp³-hybridized carbons (Fsp3) is 0.955. The second-order valence-corrected chi connectivity index (χ2v) is 10.1. The van der Waals surface area contributed by atoms with Crippen molar-refractivity contribution >= 4 is 5.91 Å². The molecule has 5 fully saturated rings. The molecule has 3 atom stereocenters. The van der Waals surface area contributed by atoms with Gasteiger partial charge in [0.15, 0.2) is 0 Å². The van der Waals surface area contributed by atoms with E-state index in [1.807, 2.05) is 0 Å². The minimum absolute atomic E-state index is 0.0302. The molecule has 5 aliphatic rings. The monoisotopic (exact) mass is 376 g/mol. The van der Waals surface area contributed by atoms with E-state index in [-0.39, 0.29) is 29.6 Å². The van der Waals surface area contributed by atoms with Gasteiger partial charge in [-0.1, -0.05) is 44.9 Å². The van der Waals surface area contributed by atoms with Gasteiger partial charge in [-0.05, 0) is 32.1 Å². The van der Waals surface area contributed by atoms with Gasteiger partial charge in [-0.3, -0.25) is 9.63 Å². The fourth-order valence-corrected chi connectivity index (χ4v) is 6.77. The maximum absolute atomic E-state index is 12.9. The Balaban J connectivity index is 1.19. The summed E-state index contributed by atoms with van der Waals surface area (Å²) in [6, 6.07) is -0.177. The minimum Gasteiger partial charge on any atom is -0.375 e. The maximum Gasteiger partial charge on any atom is 0.242 e. The van der Waals surface area contributed by atoms with E-state index in [4.69, 9.17) is 9.57 Å². The molecule has 0 aromatic carbocycles. The van der Waals surface area contributed by atoms with Gasteiger partial charge < -0.3 is 9.64 Å². The number of rotatable bonds is 2. The molecule has 5 heteroatoms. The standard InChI is InChI=1S/C22H36N2O3/c25-20(24-15-21(16-24)8-6-7-9-21)17-14-18(27-23-17)19-22(12-13-26-19)10-4-2-1-3-5-11-22/h17-19,23H,1-16H2. The number of nitrogens with zero attached hydrogens (tertiary/aromatic N) is 1. The number of hydroxylamine groups is 1. The lowest BCUT2D eigenvalue weighted by atomic mass is 9.69. The van der Waals surface area contributed by atoms with Gasteiger partial charge in [-0.2, -0.15) is 5.48 Å². The molecule has 0 aromatic heterocycles. The molecule has 0 aromatic rings. The second kappa shape index (κ2) is 7.31. The second-order valence-electron chi connectivity index (χ2n) is 10.1. The summed E-state index contributed by atoms with van der Waals surface area (Å²) in [6.07, 6.45) is 16.7. The smallest absolute Gasteiger partial charge is 0.242 e. The van der Waals surface area contributed by atoms with Crippen LogP contribution in [0.25, 0.3) is 0 Å². The third kappa shape index (κ3) is 3.34. The Hall–Kier alpha value is -0.650. The van der Waals surface area contributed by atoms with Crippen LogP contribution in [0.5, 0.6) is 0 Å². The molecule has 5 rings (SSSR count). The Labute approximate surface area is 163 Å². The third-order valence-electron chi connectivity index (χ3n) is 8.34. The average molecular weight is 377 g/mol. The molecule has 2 saturated carbocycles. The number of hydrogen-bond donors (Lipinski definition) is 1. The number of hydrogen-bond acceptors (Lipinski definition) is 4. The lowest BCUT2D eigenvalue weighted by molar-refractivity contribution is -0.147. The molecular weight excluding hydrogens is 340 g/mol. The Bertz CT molecular complexity index is 544. The highest BCUT2D eigenvalue weighted by Crippen LogP contribution is 2.49. The summed E-state index contributed by atoms with van der Waals surface area (Å²) >= 11 is 0. The maximum atomic E-state index is 12.9. The summed E-state index contributed by atoms with van der Waals surface area (Å²) < 4.78 is 6.24. The molecular formula is C22H36N2O3. The summed E-state index contributed by atoms with van der Waals surface area (Å²) in [5.74, 6) is 0.250. The van der Waals surface area contributed by atoms with Gasteiger partial charge in [0.25, 0.3) is 0 Å². The Morgan fingerprint density at radius 3 is 2.30 bits per heavy atom. The van der Waals surface area contributed by atoms with Crippen molar-refractivity contribution in [3.63, 3.8) is 0 Å². The number of carbonyl (C=O) groups is 1.